The Balaban J connectivity index is 1.19. The van der Waals surface area contributed by atoms with Gasteiger partial charge in [0.25, 0.3) is 0 Å². The highest BCUT2D eigenvalue weighted by Crippen LogP contribution is 2.39. The van der Waals surface area contributed by atoms with E-state index >= 15 is 0 Å². The Labute approximate surface area is 442 Å². The second-order valence-electron chi connectivity index (χ2n) is 19.3. The number of hydrogen-bond acceptors (Lipinski definition) is 32. The lowest BCUT2D eigenvalue weighted by Gasteiger charge is -2.48. The first kappa shape index (κ1) is 65.6. The number of rotatable bonds is 23. The molecule has 6 rings (SSSR count). The van der Waals surface area contributed by atoms with E-state index in [1.807, 2.05) is 0 Å². The molecule has 6 fully saturated rings. The Morgan fingerprint density at radius 2 is 0.821 bits per heavy atom. The molecule has 30 atom stereocenters. The maximum Gasteiger partial charge on any atom is 0.469 e. The molecule has 6 aliphatic rings. The molecule has 36 heteroatoms. The molecule has 0 aromatic rings. The van der Waals surface area contributed by atoms with Crippen molar-refractivity contribution in [2.45, 2.75) is 210 Å². The number of nitrogens with one attached hydrogen (secondary N) is 1. The Morgan fingerprint density at radius 3 is 1.32 bits per heavy atom. The van der Waals surface area contributed by atoms with E-state index in [4.69, 9.17) is 56.8 Å². The van der Waals surface area contributed by atoms with Crippen LogP contribution in [0.1, 0.15) is 26.2 Å². The van der Waals surface area contributed by atoms with E-state index < -0.39 is 231 Å². The van der Waals surface area contributed by atoms with Gasteiger partial charge < -0.3 is 159 Å². The SMILES string of the molecule is CCC1O[C@@H](OC2[C@H](OCC3O[C@@H](OCC4O[C@@H](OCCCC(=O)NC)C(O)[C@@H](O[C@@H]5OC(CO)[C@H](O)[C@H](O)C5O[C@@H]5OC(COP(=O)(O)O)[C@H](O)[C@H](O)C5O)[C@H]4O)C(O)[C@@H](O)[C@H]3O)OC(CO)[C@H](O)[C@@H]2O)C(O)[C@@H](O)[C@H]1O. The highest BCUT2D eigenvalue weighted by Gasteiger charge is 2.56. The highest BCUT2D eigenvalue weighted by molar-refractivity contribution is 7.46. The number of amides is 1. The minimum Gasteiger partial charge on any atom is -0.394 e. The van der Waals surface area contributed by atoms with Crippen LogP contribution in [-0.2, 0) is 70.7 Å². The fraction of sp³-hybridized carbons (Fsp3) is 0.976. The topological polar surface area (TPSA) is 551 Å². The number of aliphatic hydroxyl groups is 17. The van der Waals surface area contributed by atoms with Gasteiger partial charge in [0, 0.05) is 13.5 Å². The van der Waals surface area contributed by atoms with Gasteiger partial charge in [0.1, 0.15) is 140 Å². The summed E-state index contributed by atoms with van der Waals surface area (Å²) in [4.78, 5) is 30.3. The van der Waals surface area contributed by atoms with Gasteiger partial charge in [-0.1, -0.05) is 6.92 Å². The third-order valence-corrected chi connectivity index (χ3v) is 14.4. The molecule has 0 spiro atoms. The first-order valence-electron chi connectivity index (χ1n) is 24.8. The van der Waals surface area contributed by atoms with Crippen molar-refractivity contribution >= 4 is 13.7 Å². The highest BCUT2D eigenvalue weighted by atomic mass is 31.2. The molecule has 0 aromatic carbocycles. The molecule has 0 bridgehead atoms. The minimum atomic E-state index is -5.20. The van der Waals surface area contributed by atoms with E-state index in [0.29, 0.717) is 0 Å². The second kappa shape index (κ2) is 28.8. The van der Waals surface area contributed by atoms with Crippen LogP contribution in [0, 0.1) is 0 Å². The number of phosphoric acid groups is 1. The van der Waals surface area contributed by atoms with Crippen molar-refractivity contribution in [1.29, 1.82) is 0 Å². The summed E-state index contributed by atoms with van der Waals surface area (Å²) in [6.07, 6.45) is -56.9. The number of phosphoric ester groups is 1. The molecule has 35 nitrogen and oxygen atoms in total. The van der Waals surface area contributed by atoms with Crippen LogP contribution in [-0.4, -0.2) is 333 Å². The Bertz CT molecular complexity index is 1880. The average Bonchev–Trinajstić information content (AvgIpc) is 3.41. The van der Waals surface area contributed by atoms with Crippen LogP contribution in [0.2, 0.25) is 0 Å². The summed E-state index contributed by atoms with van der Waals surface area (Å²) in [5, 5.41) is 186. The van der Waals surface area contributed by atoms with E-state index in [2.05, 4.69) is 9.84 Å². The predicted molar refractivity (Wildman–Crippen MR) is 240 cm³/mol. The molecule has 456 valence electrons. The third-order valence-electron chi connectivity index (χ3n) is 13.9. The summed E-state index contributed by atoms with van der Waals surface area (Å²) in [5.41, 5.74) is 0. The molecule has 0 aliphatic carbocycles. The van der Waals surface area contributed by atoms with Crippen molar-refractivity contribution < 1.29 is 167 Å². The van der Waals surface area contributed by atoms with E-state index in [9.17, 15) is 106 Å². The van der Waals surface area contributed by atoms with Crippen LogP contribution < -0.4 is 5.32 Å². The van der Waals surface area contributed by atoms with Gasteiger partial charge in [-0.25, -0.2) is 4.57 Å². The normalized spacial score (nSPS) is 47.7. The summed E-state index contributed by atoms with van der Waals surface area (Å²) in [7, 11) is -3.82. The van der Waals surface area contributed by atoms with Crippen LogP contribution in [0.4, 0.5) is 0 Å². The van der Waals surface area contributed by atoms with E-state index in [1.54, 1.807) is 6.92 Å². The molecule has 0 radical (unpaired) electrons. The van der Waals surface area contributed by atoms with Crippen molar-refractivity contribution in [3.05, 3.63) is 0 Å². The average molecular weight is 1170 g/mol. The molecular weight excluding hydrogens is 1090 g/mol. The van der Waals surface area contributed by atoms with Gasteiger partial charge in [-0.15, -0.1) is 0 Å². The zero-order valence-corrected chi connectivity index (χ0v) is 42.6. The summed E-state index contributed by atoms with van der Waals surface area (Å²) >= 11 is 0. The van der Waals surface area contributed by atoms with Gasteiger partial charge in [-0.2, -0.15) is 0 Å². The van der Waals surface area contributed by atoms with Gasteiger partial charge in [0.05, 0.1) is 45.7 Å². The third kappa shape index (κ3) is 15.4. The first-order chi connectivity index (χ1) is 36.8. The van der Waals surface area contributed by atoms with E-state index in [1.165, 1.54) is 7.05 Å². The van der Waals surface area contributed by atoms with Crippen LogP contribution in [0.5, 0.6) is 0 Å². The second-order valence-corrected chi connectivity index (χ2v) is 20.5. The van der Waals surface area contributed by atoms with Gasteiger partial charge >= 0.3 is 7.82 Å². The van der Waals surface area contributed by atoms with Crippen molar-refractivity contribution in [2.75, 3.05) is 46.7 Å². The molecular formula is C42H74NO34P. The number of aliphatic hydroxyl groups excluding tert-OH is 17. The molecule has 20 N–H and O–H groups in total. The Morgan fingerprint density at radius 1 is 0.436 bits per heavy atom. The van der Waals surface area contributed by atoms with Gasteiger partial charge in [0.2, 0.25) is 5.91 Å². The maximum atomic E-state index is 11.9. The van der Waals surface area contributed by atoms with Gasteiger partial charge in [-0.05, 0) is 12.8 Å². The van der Waals surface area contributed by atoms with Gasteiger partial charge in [0.15, 0.2) is 37.7 Å². The predicted octanol–water partition coefficient (Wildman–Crippen LogP) is -12.0. The zero-order valence-electron chi connectivity index (χ0n) is 41.8. The molecule has 0 aromatic heterocycles. The number of ether oxygens (including phenoxy) is 12. The molecule has 0 saturated carbocycles. The van der Waals surface area contributed by atoms with Crippen LogP contribution in [0.3, 0.4) is 0 Å². The van der Waals surface area contributed by atoms with Crippen molar-refractivity contribution in [3.63, 3.8) is 0 Å². The van der Waals surface area contributed by atoms with E-state index in [0.717, 1.165) is 0 Å². The fourth-order valence-corrected chi connectivity index (χ4v) is 9.62. The molecule has 1 amide bonds. The molecule has 78 heavy (non-hydrogen) atoms. The Hall–Kier alpha value is -1.58. The number of hydrogen-bond donors (Lipinski definition) is 20. The first-order valence-corrected chi connectivity index (χ1v) is 26.4. The van der Waals surface area contributed by atoms with Crippen molar-refractivity contribution in [1.82, 2.24) is 5.32 Å². The number of carbonyl (C=O) groups is 1. The molecule has 6 saturated heterocycles. The summed E-state index contributed by atoms with van der Waals surface area (Å²) in [6, 6.07) is 0. The quantitative estimate of drug-likeness (QED) is 0.0334. The van der Waals surface area contributed by atoms with Crippen LogP contribution in [0.25, 0.3) is 0 Å². The summed E-state index contributed by atoms with van der Waals surface area (Å²) < 4.78 is 84.3. The van der Waals surface area contributed by atoms with Gasteiger partial charge in [-0.3, -0.25) is 9.32 Å². The fourth-order valence-electron chi connectivity index (χ4n) is 9.28. The zero-order chi connectivity index (χ0) is 57.7. The molecule has 6 heterocycles. The smallest absolute Gasteiger partial charge is 0.394 e. The standard InChI is InChI=1S/C42H74NO34P/c1-3-12-19(47)25(53)31(59)39(69-12)76-35-28(56)20(48)13(7-44)70-41(35)67-9-15-22(50)26(54)30(58)37(72-15)66-10-16-24(52)34(33(61)38(73-16)65-6-4-5-18(46)43-2)75-42-36(29(57)21(49)14(8-45)71-42)77-40-32(60)27(55)23(51)17(74-40)11-68-78(62,63)64/h12-17,19-42,44-45,47-61H,3-11H2,1-2H3,(H,43,46)(H2,62,63,64)/t12?,13?,14?,15?,16?,17?,19-,20-,21-,22-,23-,24-,25-,26-,27-,28-,29-,30?,31?,32?,33?,34-,35?,36?,37+,38+,39-,40-,41+,42-/m0/s1. The lowest BCUT2D eigenvalue weighted by atomic mass is 9.96. The largest absolute Gasteiger partial charge is 0.469 e. The molecule has 12 unspecified atom stereocenters. The Kier molecular flexibility index (Phi) is 24.2. The minimum absolute atomic E-state index is 0.0313. The van der Waals surface area contributed by atoms with Crippen molar-refractivity contribution in [3.8, 4) is 0 Å². The van der Waals surface area contributed by atoms with E-state index in [-0.39, 0.29) is 25.9 Å². The molecule has 6 aliphatic heterocycles. The van der Waals surface area contributed by atoms with Crippen LogP contribution in [0.15, 0.2) is 0 Å². The maximum absolute atomic E-state index is 11.9. The summed E-state index contributed by atoms with van der Waals surface area (Å²) in [6.45, 7) is -3.39. The van der Waals surface area contributed by atoms with Crippen molar-refractivity contribution in [2.24, 2.45) is 0 Å². The summed E-state index contributed by atoms with van der Waals surface area (Å²) in [5.74, 6) is -0.394. The number of carbonyl (C=O) groups excluding carboxylic acids is 1. The lowest BCUT2D eigenvalue weighted by molar-refractivity contribution is -0.391. The van der Waals surface area contributed by atoms with Crippen LogP contribution >= 0.6 is 7.82 Å². The monoisotopic (exact) mass is 1170 g/mol. The lowest BCUT2D eigenvalue weighted by Crippen LogP contribution is -2.67.